The average Bonchev–Trinajstić information content (AvgIpc) is 2.12. The zero-order valence-corrected chi connectivity index (χ0v) is 7.26. The van der Waals surface area contributed by atoms with Crippen LogP contribution in [-0.4, -0.2) is 5.11 Å². The Morgan fingerprint density at radius 1 is 1.46 bits per heavy atom. The lowest BCUT2D eigenvalue weighted by Gasteiger charge is -2.23. The summed E-state index contributed by atoms with van der Waals surface area (Å²) in [5, 5.41) is 9.50. The molecule has 0 bridgehead atoms. The van der Waals surface area contributed by atoms with Gasteiger partial charge in [-0.3, -0.25) is 0 Å². The van der Waals surface area contributed by atoms with Gasteiger partial charge in [-0.2, -0.15) is 0 Å². The monoisotopic (exact) mass is 181 g/mol. The predicted octanol–water partition coefficient (Wildman–Crippen LogP) is 1.87. The summed E-state index contributed by atoms with van der Waals surface area (Å²) in [6.07, 6.45) is 2.40. The van der Waals surface area contributed by atoms with E-state index in [0.717, 1.165) is 12.8 Å². The Kier molecular flexibility index (Phi) is 1.96. The molecule has 2 rings (SSSR count). The fraction of sp³-hybridized carbons (Fsp3) is 0.400. The number of hydrogen-bond acceptors (Lipinski definition) is 2. The minimum atomic E-state index is -0.247. The molecule has 1 aromatic carbocycles. The Bertz CT molecular complexity index is 338. The lowest BCUT2D eigenvalue weighted by Crippen LogP contribution is -2.18. The Labute approximate surface area is 76.2 Å². The van der Waals surface area contributed by atoms with Crippen LogP contribution >= 0.6 is 0 Å². The van der Waals surface area contributed by atoms with Crippen LogP contribution in [0.4, 0.5) is 4.39 Å². The zero-order chi connectivity index (χ0) is 9.42. The van der Waals surface area contributed by atoms with Crippen molar-refractivity contribution in [2.24, 2.45) is 5.73 Å². The molecule has 0 unspecified atom stereocenters. The van der Waals surface area contributed by atoms with E-state index in [9.17, 15) is 9.50 Å². The maximum absolute atomic E-state index is 13.3. The Balaban J connectivity index is 2.60. The number of benzene rings is 1. The molecule has 0 fully saturated rings. The molecule has 0 saturated carbocycles. The summed E-state index contributed by atoms with van der Waals surface area (Å²) in [6.45, 7) is 0. The number of nitrogens with two attached hydrogens (primary N) is 1. The topological polar surface area (TPSA) is 46.2 Å². The smallest absolute Gasteiger partial charge is 0.127 e. The van der Waals surface area contributed by atoms with Crippen LogP contribution in [-0.2, 0) is 6.42 Å². The largest absolute Gasteiger partial charge is 0.508 e. The highest BCUT2D eigenvalue weighted by Gasteiger charge is 2.22. The average molecular weight is 181 g/mol. The Morgan fingerprint density at radius 2 is 2.23 bits per heavy atom. The van der Waals surface area contributed by atoms with E-state index in [-0.39, 0.29) is 17.6 Å². The third-order valence-electron chi connectivity index (χ3n) is 2.59. The molecule has 0 aromatic heterocycles. The normalized spacial score (nSPS) is 21.2. The summed E-state index contributed by atoms with van der Waals surface area (Å²) in [7, 11) is 0. The standard InChI is InChI=1S/C10H12FNO/c11-7-4-5-9(13)10-6(7)2-1-3-8(10)12/h4-5,8,13H,1-3,12H2/t8-/m0/s1. The fourth-order valence-corrected chi connectivity index (χ4v) is 1.94. The molecule has 2 nitrogen and oxygen atoms in total. The van der Waals surface area contributed by atoms with Crippen molar-refractivity contribution in [1.29, 1.82) is 0 Å². The number of halogens is 1. The van der Waals surface area contributed by atoms with Gasteiger partial charge in [0.15, 0.2) is 0 Å². The molecule has 70 valence electrons. The fourth-order valence-electron chi connectivity index (χ4n) is 1.94. The van der Waals surface area contributed by atoms with Crippen molar-refractivity contribution >= 4 is 0 Å². The Morgan fingerprint density at radius 3 is 2.92 bits per heavy atom. The first kappa shape index (κ1) is 8.51. The molecule has 3 heteroatoms. The van der Waals surface area contributed by atoms with Gasteiger partial charge in [0.1, 0.15) is 11.6 Å². The summed E-state index contributed by atoms with van der Waals surface area (Å²) < 4.78 is 13.3. The summed E-state index contributed by atoms with van der Waals surface area (Å²) in [5.74, 6) is -0.119. The molecular weight excluding hydrogens is 169 g/mol. The molecule has 13 heavy (non-hydrogen) atoms. The SMILES string of the molecule is N[C@H]1CCCc2c(F)ccc(O)c21. The second-order valence-corrected chi connectivity index (χ2v) is 3.46. The molecular formula is C10H12FNO. The van der Waals surface area contributed by atoms with E-state index in [1.807, 2.05) is 0 Å². The van der Waals surface area contributed by atoms with Gasteiger partial charge in [0.25, 0.3) is 0 Å². The highest BCUT2D eigenvalue weighted by molar-refractivity contribution is 5.43. The van der Waals surface area contributed by atoms with E-state index < -0.39 is 0 Å². The van der Waals surface area contributed by atoms with Crippen LogP contribution in [0.5, 0.6) is 5.75 Å². The van der Waals surface area contributed by atoms with Gasteiger partial charge in [-0.1, -0.05) is 0 Å². The first-order valence-electron chi connectivity index (χ1n) is 4.46. The van der Waals surface area contributed by atoms with Gasteiger partial charge >= 0.3 is 0 Å². The summed E-state index contributed by atoms with van der Waals surface area (Å²) >= 11 is 0. The van der Waals surface area contributed by atoms with Gasteiger partial charge < -0.3 is 10.8 Å². The van der Waals surface area contributed by atoms with Gasteiger partial charge in [-0.05, 0) is 37.0 Å². The quantitative estimate of drug-likeness (QED) is 0.641. The third-order valence-corrected chi connectivity index (χ3v) is 2.59. The van der Waals surface area contributed by atoms with Gasteiger partial charge in [-0.25, -0.2) is 4.39 Å². The molecule has 1 aliphatic carbocycles. The van der Waals surface area contributed by atoms with Crippen molar-refractivity contribution in [3.05, 3.63) is 29.1 Å². The maximum atomic E-state index is 13.3. The number of phenols is 1. The van der Waals surface area contributed by atoms with E-state index in [2.05, 4.69) is 0 Å². The predicted molar refractivity (Wildman–Crippen MR) is 47.9 cm³/mol. The summed E-state index contributed by atoms with van der Waals surface area (Å²) in [4.78, 5) is 0. The second kappa shape index (κ2) is 3.00. The van der Waals surface area contributed by atoms with E-state index in [1.54, 1.807) is 0 Å². The maximum Gasteiger partial charge on any atom is 0.127 e. The molecule has 3 N–H and O–H groups in total. The number of phenolic OH excluding ortho intramolecular Hbond substituents is 1. The molecule has 0 aliphatic heterocycles. The minimum Gasteiger partial charge on any atom is -0.508 e. The van der Waals surface area contributed by atoms with Crippen LogP contribution in [0, 0.1) is 5.82 Å². The summed E-state index contributed by atoms with van der Waals surface area (Å²) in [5.41, 5.74) is 6.99. The van der Waals surface area contributed by atoms with Gasteiger partial charge in [0, 0.05) is 11.6 Å². The number of aromatic hydroxyl groups is 1. The minimum absolute atomic E-state index is 0.128. The van der Waals surface area contributed by atoms with Crippen molar-refractivity contribution in [3.63, 3.8) is 0 Å². The number of rotatable bonds is 0. The van der Waals surface area contributed by atoms with Crippen molar-refractivity contribution in [1.82, 2.24) is 0 Å². The molecule has 1 aromatic rings. The van der Waals surface area contributed by atoms with Crippen LogP contribution in [0.2, 0.25) is 0 Å². The molecule has 0 saturated heterocycles. The van der Waals surface area contributed by atoms with Crippen LogP contribution < -0.4 is 5.73 Å². The highest BCUT2D eigenvalue weighted by atomic mass is 19.1. The molecule has 0 radical (unpaired) electrons. The van der Waals surface area contributed by atoms with Gasteiger partial charge in [0.05, 0.1) is 0 Å². The van der Waals surface area contributed by atoms with Crippen LogP contribution in [0.3, 0.4) is 0 Å². The highest BCUT2D eigenvalue weighted by Crippen LogP contribution is 2.35. The number of hydrogen-bond donors (Lipinski definition) is 2. The van der Waals surface area contributed by atoms with E-state index in [1.165, 1.54) is 12.1 Å². The van der Waals surface area contributed by atoms with E-state index in [4.69, 9.17) is 5.73 Å². The van der Waals surface area contributed by atoms with E-state index >= 15 is 0 Å². The molecule has 0 heterocycles. The molecule has 0 spiro atoms. The third kappa shape index (κ3) is 1.29. The second-order valence-electron chi connectivity index (χ2n) is 3.46. The summed E-state index contributed by atoms with van der Waals surface area (Å²) in [6, 6.07) is 2.46. The Hall–Kier alpha value is -1.09. The molecule has 1 atom stereocenters. The van der Waals surface area contributed by atoms with E-state index in [0.29, 0.717) is 17.5 Å². The number of fused-ring (bicyclic) bond motifs is 1. The van der Waals surface area contributed by atoms with Gasteiger partial charge in [-0.15, -0.1) is 0 Å². The first-order chi connectivity index (χ1) is 6.20. The van der Waals surface area contributed by atoms with Crippen LogP contribution in [0.15, 0.2) is 12.1 Å². The van der Waals surface area contributed by atoms with Crippen LogP contribution in [0.25, 0.3) is 0 Å². The molecule has 1 aliphatic rings. The van der Waals surface area contributed by atoms with Crippen molar-refractivity contribution in [2.75, 3.05) is 0 Å². The van der Waals surface area contributed by atoms with Crippen molar-refractivity contribution in [3.8, 4) is 5.75 Å². The van der Waals surface area contributed by atoms with Gasteiger partial charge in [0.2, 0.25) is 0 Å². The lowest BCUT2D eigenvalue weighted by molar-refractivity contribution is 0.440. The van der Waals surface area contributed by atoms with Crippen molar-refractivity contribution in [2.45, 2.75) is 25.3 Å². The zero-order valence-electron chi connectivity index (χ0n) is 7.26. The first-order valence-corrected chi connectivity index (χ1v) is 4.46. The molecule has 0 amide bonds. The van der Waals surface area contributed by atoms with Crippen molar-refractivity contribution < 1.29 is 9.50 Å². The van der Waals surface area contributed by atoms with Crippen LogP contribution in [0.1, 0.15) is 30.0 Å². The lowest BCUT2D eigenvalue weighted by atomic mass is 9.87.